The van der Waals surface area contributed by atoms with Crippen molar-refractivity contribution in [2.75, 3.05) is 55.8 Å². The number of halogens is 1. The molecule has 3 aromatic rings. The van der Waals surface area contributed by atoms with Crippen LogP contribution in [0.3, 0.4) is 0 Å². The summed E-state index contributed by atoms with van der Waals surface area (Å²) in [4.78, 5) is 6.53. The molecule has 0 spiro atoms. The number of aromatic nitrogens is 3. The Hall–Kier alpha value is -3.37. The number of piperidine rings is 1. The van der Waals surface area contributed by atoms with Crippen LogP contribution in [0.25, 0.3) is 16.6 Å². The molecule has 1 aromatic carbocycles. The zero-order valence-electron chi connectivity index (χ0n) is 21.0. The van der Waals surface area contributed by atoms with Gasteiger partial charge in [0.25, 0.3) is 0 Å². The highest BCUT2D eigenvalue weighted by Gasteiger charge is 2.32. The summed E-state index contributed by atoms with van der Waals surface area (Å²) in [5, 5.41) is 24.7. The van der Waals surface area contributed by atoms with Crippen molar-refractivity contribution >= 4 is 22.8 Å². The van der Waals surface area contributed by atoms with Gasteiger partial charge < -0.3 is 25.8 Å². The van der Waals surface area contributed by atoms with Gasteiger partial charge in [-0.3, -0.25) is 4.90 Å². The summed E-state index contributed by atoms with van der Waals surface area (Å²) >= 11 is 0. The van der Waals surface area contributed by atoms with Crippen molar-refractivity contribution in [3.05, 3.63) is 42.6 Å². The van der Waals surface area contributed by atoms with Gasteiger partial charge in [0.1, 0.15) is 11.7 Å². The Morgan fingerprint density at radius 1 is 1.19 bits per heavy atom. The Morgan fingerprint density at radius 3 is 2.69 bits per heavy atom. The number of rotatable bonds is 6. The van der Waals surface area contributed by atoms with E-state index in [-0.39, 0.29) is 6.54 Å². The van der Waals surface area contributed by atoms with E-state index in [9.17, 15) is 9.50 Å². The van der Waals surface area contributed by atoms with E-state index < -0.39 is 17.8 Å². The van der Waals surface area contributed by atoms with Crippen molar-refractivity contribution in [3.8, 4) is 17.0 Å². The van der Waals surface area contributed by atoms with E-state index >= 15 is 0 Å². The quantitative estimate of drug-likeness (QED) is 0.387. The molecule has 36 heavy (non-hydrogen) atoms. The Labute approximate surface area is 210 Å². The number of nitrogens with zero attached hydrogens (tertiary/aromatic N) is 4. The summed E-state index contributed by atoms with van der Waals surface area (Å²) in [6.45, 7) is 6.41. The van der Waals surface area contributed by atoms with Gasteiger partial charge >= 0.3 is 0 Å². The standard InChI is InChI=1S/C26H34FN7O2/c1-26(2,35)16-33-12-9-20(19(27)15-33)30-25-31-24(36-3)23-18(8-13-34(23)32-25)17-6-7-21-22(14-17)29-11-5-4-10-28-21/h4-8,13-14,19-20,28-29,35H,9-12,15-16H2,1-3H3,(H,30,32)/b5-4-/t19-,20+/m1/s1. The first kappa shape index (κ1) is 24.3. The lowest BCUT2D eigenvalue weighted by Gasteiger charge is -2.37. The molecule has 192 valence electrons. The van der Waals surface area contributed by atoms with Gasteiger partial charge in [0.15, 0.2) is 0 Å². The average molecular weight is 496 g/mol. The molecule has 2 aliphatic rings. The van der Waals surface area contributed by atoms with Gasteiger partial charge in [0.05, 0.1) is 30.1 Å². The molecule has 4 heterocycles. The highest BCUT2D eigenvalue weighted by molar-refractivity contribution is 5.88. The molecule has 0 radical (unpaired) electrons. The third-order valence-corrected chi connectivity index (χ3v) is 6.54. The minimum absolute atomic E-state index is 0.256. The summed E-state index contributed by atoms with van der Waals surface area (Å²) < 4.78 is 22.4. The first-order chi connectivity index (χ1) is 17.3. The van der Waals surface area contributed by atoms with Crippen molar-refractivity contribution in [2.24, 2.45) is 0 Å². The van der Waals surface area contributed by atoms with Gasteiger partial charge in [-0.25, -0.2) is 8.91 Å². The highest BCUT2D eigenvalue weighted by Crippen LogP contribution is 2.35. The van der Waals surface area contributed by atoms with Gasteiger partial charge in [0.2, 0.25) is 11.8 Å². The average Bonchev–Trinajstić information content (AvgIpc) is 3.24. The summed E-state index contributed by atoms with van der Waals surface area (Å²) in [7, 11) is 1.58. The number of benzene rings is 1. The molecule has 1 fully saturated rings. The topological polar surface area (TPSA) is 99.0 Å². The smallest absolute Gasteiger partial charge is 0.244 e. The fourth-order valence-corrected chi connectivity index (χ4v) is 4.93. The Morgan fingerprint density at radius 2 is 1.97 bits per heavy atom. The number of alkyl halides is 1. The zero-order valence-corrected chi connectivity index (χ0v) is 21.0. The number of methoxy groups -OCH3 is 1. The molecule has 2 aromatic heterocycles. The van der Waals surface area contributed by atoms with Crippen LogP contribution in [-0.4, -0.2) is 82.3 Å². The number of nitrogens with one attached hydrogen (secondary N) is 3. The minimum atomic E-state index is -1.11. The van der Waals surface area contributed by atoms with Crippen molar-refractivity contribution in [1.82, 2.24) is 19.5 Å². The minimum Gasteiger partial charge on any atom is -0.479 e. The number of aliphatic hydroxyl groups is 1. The number of ether oxygens (including phenoxy) is 1. The van der Waals surface area contributed by atoms with Crippen LogP contribution in [0.5, 0.6) is 5.88 Å². The maximum atomic E-state index is 15.0. The van der Waals surface area contributed by atoms with Crippen molar-refractivity contribution in [2.45, 2.75) is 38.1 Å². The van der Waals surface area contributed by atoms with Crippen LogP contribution in [0.15, 0.2) is 42.6 Å². The maximum absolute atomic E-state index is 15.0. The van der Waals surface area contributed by atoms with Crippen LogP contribution in [0.4, 0.5) is 21.7 Å². The second-order valence-corrected chi connectivity index (χ2v) is 10.1. The third-order valence-electron chi connectivity index (χ3n) is 6.54. The summed E-state index contributed by atoms with van der Waals surface area (Å²) in [6.07, 6.45) is 5.55. The van der Waals surface area contributed by atoms with Gasteiger partial charge in [-0.1, -0.05) is 18.2 Å². The Bertz CT molecular complexity index is 1250. The molecule has 0 saturated carbocycles. The normalized spacial score (nSPS) is 21.6. The molecule has 2 atom stereocenters. The van der Waals surface area contributed by atoms with Crippen LogP contribution in [0.1, 0.15) is 20.3 Å². The Kier molecular flexibility index (Phi) is 6.72. The lowest BCUT2D eigenvalue weighted by Crippen LogP contribution is -2.51. The lowest BCUT2D eigenvalue weighted by molar-refractivity contribution is 0.0147. The number of β-amino-alcohol motifs (C(OH)–C–C–N with tert-alkyl or cyclic N) is 1. The van der Waals surface area contributed by atoms with Crippen LogP contribution in [0, 0.1) is 0 Å². The number of hydrogen-bond donors (Lipinski definition) is 4. The van der Waals surface area contributed by atoms with Crippen LogP contribution < -0.4 is 20.7 Å². The van der Waals surface area contributed by atoms with E-state index in [2.05, 4.69) is 56.4 Å². The van der Waals surface area contributed by atoms with Gasteiger partial charge in [-0.2, -0.15) is 4.98 Å². The number of likely N-dealkylation sites (tertiary alicyclic amines) is 1. The maximum Gasteiger partial charge on any atom is 0.244 e. The van der Waals surface area contributed by atoms with Gasteiger partial charge in [-0.15, -0.1) is 5.10 Å². The number of hydrogen-bond acceptors (Lipinski definition) is 8. The van der Waals surface area contributed by atoms with Crippen molar-refractivity contribution in [1.29, 1.82) is 0 Å². The second-order valence-electron chi connectivity index (χ2n) is 10.1. The first-order valence-electron chi connectivity index (χ1n) is 12.4. The fraction of sp³-hybridized carbons (Fsp3) is 0.462. The molecule has 0 aliphatic carbocycles. The van der Waals surface area contributed by atoms with Crippen LogP contribution in [0.2, 0.25) is 0 Å². The summed E-state index contributed by atoms with van der Waals surface area (Å²) in [5.74, 6) is 0.740. The van der Waals surface area contributed by atoms with Gasteiger partial charge in [-0.05, 0) is 44.0 Å². The highest BCUT2D eigenvalue weighted by atomic mass is 19.1. The monoisotopic (exact) mass is 495 g/mol. The van der Waals surface area contributed by atoms with Gasteiger partial charge in [0, 0.05) is 44.5 Å². The molecular weight excluding hydrogens is 461 g/mol. The molecule has 0 amide bonds. The lowest BCUT2D eigenvalue weighted by atomic mass is 10.0. The molecule has 5 rings (SSSR count). The second kappa shape index (κ2) is 9.94. The number of anilines is 3. The van der Waals surface area contributed by atoms with E-state index in [0.29, 0.717) is 31.3 Å². The molecule has 1 saturated heterocycles. The number of fused-ring (bicyclic) bond motifs is 2. The van der Waals surface area contributed by atoms with E-state index in [1.165, 1.54) is 0 Å². The zero-order chi connectivity index (χ0) is 25.3. The van der Waals surface area contributed by atoms with Crippen molar-refractivity contribution < 1.29 is 14.2 Å². The predicted octanol–water partition coefficient (Wildman–Crippen LogP) is 3.39. The molecule has 0 unspecified atom stereocenters. The first-order valence-corrected chi connectivity index (χ1v) is 12.4. The van der Waals surface area contributed by atoms with E-state index in [4.69, 9.17) is 4.74 Å². The summed E-state index contributed by atoms with van der Waals surface area (Å²) in [6, 6.07) is 7.81. The molecule has 10 heteroatoms. The Balaban J connectivity index is 1.38. The SMILES string of the molecule is COc1nc(N[C@H]2CCN(CC(C)(C)O)C[C@H]2F)nn2ccc(-c3ccc4c(c3)NC/C=C\CN4)c12. The summed E-state index contributed by atoms with van der Waals surface area (Å²) in [5.41, 5.74) is 3.94. The predicted molar refractivity (Wildman–Crippen MR) is 141 cm³/mol. The largest absolute Gasteiger partial charge is 0.479 e. The molecule has 0 bridgehead atoms. The van der Waals surface area contributed by atoms with Crippen molar-refractivity contribution in [3.63, 3.8) is 0 Å². The molecular formula is C26H34FN7O2. The van der Waals surface area contributed by atoms with E-state index in [1.807, 2.05) is 17.2 Å². The van der Waals surface area contributed by atoms with Crippen LogP contribution in [-0.2, 0) is 0 Å². The van der Waals surface area contributed by atoms with E-state index in [0.717, 1.165) is 41.1 Å². The molecule has 4 N–H and O–H groups in total. The van der Waals surface area contributed by atoms with E-state index in [1.54, 1.807) is 25.5 Å². The third kappa shape index (κ3) is 5.24. The molecule has 2 aliphatic heterocycles. The fourth-order valence-electron chi connectivity index (χ4n) is 4.93. The van der Waals surface area contributed by atoms with Crippen LogP contribution >= 0.6 is 0 Å². The molecule has 9 nitrogen and oxygen atoms in total.